The van der Waals surface area contributed by atoms with Crippen molar-refractivity contribution >= 4 is 0 Å². The molecule has 0 radical (unpaired) electrons. The lowest BCUT2D eigenvalue weighted by Crippen LogP contribution is -2.38. The third-order valence-electron chi connectivity index (χ3n) is 5.17. The number of hydrogen-bond acceptors (Lipinski definition) is 5. The first-order chi connectivity index (χ1) is 10.3. The van der Waals surface area contributed by atoms with Crippen molar-refractivity contribution in [3.8, 4) is 0 Å². The first-order valence-corrected chi connectivity index (χ1v) is 8.52. The lowest BCUT2D eigenvalue weighted by molar-refractivity contribution is 0.0384. The largest absolute Gasteiger partial charge is 0.370 e. The summed E-state index contributed by atoms with van der Waals surface area (Å²) in [6.07, 6.45) is 8.63. The van der Waals surface area contributed by atoms with E-state index in [-0.39, 0.29) is 6.10 Å². The summed E-state index contributed by atoms with van der Waals surface area (Å²) < 4.78 is 11.3. The molecule has 1 N–H and O–H groups in total. The molecular formula is C16H25N3O2. The molecule has 0 amide bonds. The maximum Gasteiger partial charge on any atom is 0.227 e. The number of hydrogen-bond donors (Lipinski definition) is 1. The normalized spacial score (nSPS) is 33.3. The van der Waals surface area contributed by atoms with Gasteiger partial charge in [0.25, 0.3) is 0 Å². The van der Waals surface area contributed by atoms with Crippen molar-refractivity contribution in [3.63, 3.8) is 0 Å². The molecule has 2 bridgehead atoms. The van der Waals surface area contributed by atoms with Gasteiger partial charge in [0, 0.05) is 25.1 Å². The Balaban J connectivity index is 1.40. The second-order valence-electron chi connectivity index (χ2n) is 6.94. The quantitative estimate of drug-likeness (QED) is 0.873. The lowest BCUT2D eigenvalue weighted by atomic mass is 9.90. The van der Waals surface area contributed by atoms with E-state index >= 15 is 0 Å². The van der Waals surface area contributed by atoms with Gasteiger partial charge in [-0.05, 0) is 57.3 Å². The van der Waals surface area contributed by atoms with Gasteiger partial charge < -0.3 is 14.6 Å². The van der Waals surface area contributed by atoms with Crippen LogP contribution in [0.5, 0.6) is 0 Å². The summed E-state index contributed by atoms with van der Waals surface area (Å²) in [5.41, 5.74) is 0. The van der Waals surface area contributed by atoms with Crippen LogP contribution >= 0.6 is 0 Å². The van der Waals surface area contributed by atoms with Crippen molar-refractivity contribution in [2.45, 2.75) is 70.1 Å². The van der Waals surface area contributed by atoms with Gasteiger partial charge in [-0.3, -0.25) is 0 Å². The van der Waals surface area contributed by atoms with E-state index in [1.165, 1.54) is 38.5 Å². The van der Waals surface area contributed by atoms with Crippen molar-refractivity contribution < 1.29 is 9.26 Å². The zero-order valence-electron chi connectivity index (χ0n) is 12.8. The van der Waals surface area contributed by atoms with Gasteiger partial charge in [-0.15, -0.1) is 0 Å². The fourth-order valence-electron chi connectivity index (χ4n) is 4.06. The highest BCUT2D eigenvalue weighted by Gasteiger charge is 2.37. The van der Waals surface area contributed by atoms with Gasteiger partial charge in [-0.2, -0.15) is 4.98 Å². The van der Waals surface area contributed by atoms with Crippen LogP contribution in [0.3, 0.4) is 0 Å². The molecule has 2 saturated heterocycles. The smallest absolute Gasteiger partial charge is 0.227 e. The first kappa shape index (κ1) is 13.7. The summed E-state index contributed by atoms with van der Waals surface area (Å²) in [7, 11) is 0. The van der Waals surface area contributed by atoms with E-state index in [2.05, 4.69) is 15.5 Å². The summed E-state index contributed by atoms with van der Waals surface area (Å²) in [5, 5.41) is 7.87. The van der Waals surface area contributed by atoms with Crippen LogP contribution in [0.4, 0.5) is 0 Å². The number of nitrogens with zero attached hydrogens (tertiary/aromatic N) is 2. The molecule has 0 aromatic carbocycles. The Morgan fingerprint density at radius 2 is 2.00 bits per heavy atom. The number of piperidine rings is 1. The number of ether oxygens (including phenoxy) is 1. The molecule has 1 aromatic heterocycles. The van der Waals surface area contributed by atoms with E-state index in [0.29, 0.717) is 18.4 Å². The number of aromatic nitrogens is 2. The van der Waals surface area contributed by atoms with Crippen LogP contribution in [-0.2, 0) is 11.2 Å². The molecule has 1 aromatic rings. The number of nitrogens with one attached hydrogen (secondary N) is 1. The third-order valence-corrected chi connectivity index (χ3v) is 5.17. The summed E-state index contributed by atoms with van der Waals surface area (Å²) >= 11 is 0. The van der Waals surface area contributed by atoms with E-state index in [1.807, 2.05) is 6.92 Å². The molecule has 4 rings (SSSR count). The van der Waals surface area contributed by atoms with Crippen LogP contribution in [-0.4, -0.2) is 28.8 Å². The van der Waals surface area contributed by atoms with Crippen molar-refractivity contribution in [1.82, 2.24) is 15.5 Å². The molecule has 3 atom stereocenters. The topological polar surface area (TPSA) is 60.2 Å². The lowest BCUT2D eigenvalue weighted by Gasteiger charge is -2.28. The van der Waals surface area contributed by atoms with Crippen molar-refractivity contribution in [2.24, 2.45) is 11.8 Å². The van der Waals surface area contributed by atoms with E-state index in [4.69, 9.17) is 9.26 Å². The Bertz CT molecular complexity index is 474. The van der Waals surface area contributed by atoms with Gasteiger partial charge in [0.1, 0.15) is 6.10 Å². The van der Waals surface area contributed by atoms with E-state index in [0.717, 1.165) is 30.2 Å². The van der Waals surface area contributed by atoms with E-state index in [9.17, 15) is 0 Å². The summed E-state index contributed by atoms with van der Waals surface area (Å²) in [5.74, 6) is 2.88. The van der Waals surface area contributed by atoms with Crippen LogP contribution in [0.15, 0.2) is 4.52 Å². The van der Waals surface area contributed by atoms with Crippen molar-refractivity contribution in [1.29, 1.82) is 0 Å². The van der Waals surface area contributed by atoms with Gasteiger partial charge >= 0.3 is 0 Å². The van der Waals surface area contributed by atoms with Gasteiger partial charge in [-0.25, -0.2) is 0 Å². The Kier molecular flexibility index (Phi) is 3.71. The molecular weight excluding hydrogens is 266 g/mol. The predicted octanol–water partition coefficient (Wildman–Crippen LogP) is 2.63. The van der Waals surface area contributed by atoms with Gasteiger partial charge in [0.15, 0.2) is 0 Å². The molecule has 3 aliphatic rings. The fourth-order valence-corrected chi connectivity index (χ4v) is 4.06. The second-order valence-corrected chi connectivity index (χ2v) is 6.94. The monoisotopic (exact) mass is 291 g/mol. The Morgan fingerprint density at radius 3 is 2.67 bits per heavy atom. The SMILES string of the molecule is CCOC(c1noc(CC2CC3CCC(C2)N3)n1)C1CC1. The molecule has 21 heavy (non-hydrogen) atoms. The van der Waals surface area contributed by atoms with E-state index in [1.54, 1.807) is 0 Å². The molecule has 2 aliphatic heterocycles. The summed E-state index contributed by atoms with van der Waals surface area (Å²) in [6.45, 7) is 2.74. The summed E-state index contributed by atoms with van der Waals surface area (Å²) in [6, 6.07) is 1.44. The molecule has 1 aliphatic carbocycles. The Morgan fingerprint density at radius 1 is 1.24 bits per heavy atom. The van der Waals surface area contributed by atoms with Gasteiger partial charge in [0.2, 0.25) is 11.7 Å². The standard InChI is InChI=1S/C16H25N3O2/c1-2-20-15(11-3-4-11)16-18-14(21-19-16)9-10-7-12-5-6-13(8-10)17-12/h10-13,15,17H,2-9H2,1H3. The van der Waals surface area contributed by atoms with Crippen LogP contribution in [0.1, 0.15) is 63.3 Å². The average molecular weight is 291 g/mol. The molecule has 5 heteroatoms. The highest BCUT2D eigenvalue weighted by molar-refractivity contribution is 5.00. The highest BCUT2D eigenvalue weighted by atomic mass is 16.5. The third kappa shape index (κ3) is 2.99. The number of fused-ring (bicyclic) bond motifs is 2. The zero-order valence-corrected chi connectivity index (χ0v) is 12.8. The predicted molar refractivity (Wildman–Crippen MR) is 77.8 cm³/mol. The summed E-state index contributed by atoms with van der Waals surface area (Å²) in [4.78, 5) is 4.63. The molecule has 3 heterocycles. The molecule has 5 nitrogen and oxygen atoms in total. The molecule has 3 fully saturated rings. The minimum Gasteiger partial charge on any atom is -0.370 e. The number of rotatable bonds is 6. The van der Waals surface area contributed by atoms with Crippen LogP contribution in [0.25, 0.3) is 0 Å². The van der Waals surface area contributed by atoms with Gasteiger partial charge in [-0.1, -0.05) is 5.16 Å². The molecule has 3 unspecified atom stereocenters. The minimum atomic E-state index is 0.0525. The average Bonchev–Trinajstić information content (AvgIpc) is 3.13. The maximum absolute atomic E-state index is 5.80. The maximum atomic E-state index is 5.80. The van der Waals surface area contributed by atoms with Crippen molar-refractivity contribution in [3.05, 3.63) is 11.7 Å². The molecule has 116 valence electrons. The highest BCUT2D eigenvalue weighted by Crippen LogP contribution is 2.42. The van der Waals surface area contributed by atoms with Gasteiger partial charge in [0.05, 0.1) is 0 Å². The van der Waals surface area contributed by atoms with Crippen LogP contribution in [0, 0.1) is 11.8 Å². The Labute approximate surface area is 125 Å². The molecule has 1 saturated carbocycles. The van der Waals surface area contributed by atoms with E-state index < -0.39 is 0 Å². The zero-order chi connectivity index (χ0) is 14.2. The first-order valence-electron chi connectivity index (χ1n) is 8.52. The second kappa shape index (κ2) is 5.69. The van der Waals surface area contributed by atoms with Crippen LogP contribution < -0.4 is 5.32 Å². The van der Waals surface area contributed by atoms with Crippen LogP contribution in [0.2, 0.25) is 0 Å². The Hall–Kier alpha value is -0.940. The van der Waals surface area contributed by atoms with Crippen molar-refractivity contribution in [2.75, 3.05) is 6.61 Å². The fraction of sp³-hybridized carbons (Fsp3) is 0.875. The minimum absolute atomic E-state index is 0.0525. The molecule has 0 spiro atoms.